The summed E-state index contributed by atoms with van der Waals surface area (Å²) in [4.78, 5) is 8.35. The number of aromatic amines is 1. The molecule has 2 aromatic heterocycles. The van der Waals surface area contributed by atoms with Gasteiger partial charge in [0.15, 0.2) is 0 Å². The maximum atomic E-state index is 4.80. The second-order valence-electron chi connectivity index (χ2n) is 10.5. The van der Waals surface area contributed by atoms with Crippen molar-refractivity contribution < 1.29 is 0 Å². The number of nitrogens with one attached hydrogen (secondary N) is 1. The van der Waals surface area contributed by atoms with Crippen molar-refractivity contribution in [2.45, 2.75) is 0 Å². The van der Waals surface area contributed by atoms with Gasteiger partial charge in [0, 0.05) is 0 Å². The Morgan fingerprint density at radius 3 is 1.57 bits per heavy atom. The van der Waals surface area contributed by atoms with E-state index in [9.17, 15) is 0 Å². The van der Waals surface area contributed by atoms with E-state index in [1.54, 1.807) is 0 Å². The summed E-state index contributed by atoms with van der Waals surface area (Å²) in [5.74, 6) is 0.871. The number of H-pyrrole nitrogens is 1. The van der Waals surface area contributed by atoms with Crippen LogP contribution in [0.4, 0.5) is 0 Å². The standard InChI is InChI=1S/C37H23N3/c1-2-10-26-25(9-1)27-11-3-4-13-29(27)31-19-17-23(21-32(31)30-14-6-5-12-28(26)30)24-18-20-36-34(22-24)39-37-38-33-15-7-8-16-35(33)40(36)37/h1-22H,(H,38,39). The lowest BCUT2D eigenvalue weighted by molar-refractivity contribution is 1.28. The van der Waals surface area contributed by atoms with Crippen LogP contribution in [0.25, 0.3) is 83.5 Å². The molecule has 6 aromatic carbocycles. The van der Waals surface area contributed by atoms with Gasteiger partial charge in [0.2, 0.25) is 5.78 Å². The molecule has 2 heterocycles. The van der Waals surface area contributed by atoms with Crippen LogP contribution < -0.4 is 0 Å². The van der Waals surface area contributed by atoms with Gasteiger partial charge in [0.1, 0.15) is 0 Å². The molecule has 0 bridgehead atoms. The van der Waals surface area contributed by atoms with Crippen LogP contribution in [0, 0.1) is 0 Å². The van der Waals surface area contributed by atoms with Crippen LogP contribution in [0.2, 0.25) is 0 Å². The Morgan fingerprint density at radius 1 is 0.425 bits per heavy atom. The summed E-state index contributed by atoms with van der Waals surface area (Å²) in [5, 5.41) is 0. The van der Waals surface area contributed by atoms with E-state index in [1.807, 2.05) is 6.07 Å². The second kappa shape index (κ2) is 8.05. The minimum absolute atomic E-state index is 0.871. The van der Waals surface area contributed by atoms with Crippen LogP contribution >= 0.6 is 0 Å². The highest BCUT2D eigenvalue weighted by Crippen LogP contribution is 2.48. The van der Waals surface area contributed by atoms with E-state index in [0.29, 0.717) is 0 Å². The summed E-state index contributed by atoms with van der Waals surface area (Å²) in [5.41, 5.74) is 16.8. The zero-order valence-corrected chi connectivity index (χ0v) is 21.6. The summed E-state index contributed by atoms with van der Waals surface area (Å²) in [6.45, 7) is 0. The van der Waals surface area contributed by atoms with E-state index in [0.717, 1.165) is 27.8 Å². The van der Waals surface area contributed by atoms with Crippen LogP contribution in [0.5, 0.6) is 0 Å². The average Bonchev–Trinajstić information content (AvgIpc) is 3.56. The van der Waals surface area contributed by atoms with Gasteiger partial charge < -0.3 is 4.98 Å². The van der Waals surface area contributed by atoms with Crippen LogP contribution in [-0.4, -0.2) is 14.4 Å². The highest BCUT2D eigenvalue weighted by atomic mass is 15.1. The highest BCUT2D eigenvalue weighted by Gasteiger charge is 2.22. The zero-order chi connectivity index (χ0) is 26.2. The Morgan fingerprint density at radius 2 is 0.925 bits per heavy atom. The summed E-state index contributed by atoms with van der Waals surface area (Å²) in [6.07, 6.45) is 0. The van der Waals surface area contributed by atoms with E-state index < -0.39 is 0 Å². The van der Waals surface area contributed by atoms with Crippen LogP contribution in [-0.2, 0) is 0 Å². The fraction of sp³-hybridized carbons (Fsp3) is 0. The smallest absolute Gasteiger partial charge is 0.213 e. The molecule has 0 radical (unpaired) electrons. The molecule has 0 fully saturated rings. The van der Waals surface area contributed by atoms with Crippen LogP contribution in [0.15, 0.2) is 133 Å². The first kappa shape index (κ1) is 21.5. The van der Waals surface area contributed by atoms with Crippen molar-refractivity contribution in [1.82, 2.24) is 14.4 Å². The molecule has 0 aliphatic heterocycles. The quantitative estimate of drug-likeness (QED) is 0.235. The van der Waals surface area contributed by atoms with E-state index >= 15 is 0 Å². The van der Waals surface area contributed by atoms with Gasteiger partial charge in [-0.1, -0.05) is 103 Å². The molecule has 0 atom stereocenters. The maximum absolute atomic E-state index is 4.80. The molecule has 9 rings (SSSR count). The highest BCUT2D eigenvalue weighted by molar-refractivity contribution is 6.04. The predicted octanol–water partition coefficient (Wildman–Crippen LogP) is 9.62. The lowest BCUT2D eigenvalue weighted by Gasteiger charge is -2.23. The molecule has 40 heavy (non-hydrogen) atoms. The molecule has 0 saturated carbocycles. The number of nitrogens with zero attached hydrogens (tertiary/aromatic N) is 2. The third-order valence-electron chi connectivity index (χ3n) is 8.34. The summed E-state index contributed by atoms with van der Waals surface area (Å²) < 4.78 is 2.21. The third-order valence-corrected chi connectivity index (χ3v) is 8.34. The molecule has 1 aliphatic rings. The first-order valence-electron chi connectivity index (χ1n) is 13.7. The van der Waals surface area contributed by atoms with E-state index in [1.165, 1.54) is 55.6 Å². The molecule has 0 saturated heterocycles. The van der Waals surface area contributed by atoms with Crippen molar-refractivity contribution >= 4 is 27.8 Å². The second-order valence-corrected chi connectivity index (χ2v) is 10.5. The number of rotatable bonds is 1. The normalized spacial score (nSPS) is 12.0. The van der Waals surface area contributed by atoms with Crippen molar-refractivity contribution in [3.05, 3.63) is 133 Å². The number of hydrogen-bond acceptors (Lipinski definition) is 1. The minimum atomic E-state index is 0.871. The van der Waals surface area contributed by atoms with Crippen LogP contribution in [0.3, 0.4) is 0 Å². The molecule has 8 aromatic rings. The van der Waals surface area contributed by atoms with Gasteiger partial charge in [-0.05, 0) is 86.0 Å². The van der Waals surface area contributed by atoms with Crippen LogP contribution in [0.1, 0.15) is 0 Å². The van der Waals surface area contributed by atoms with Crippen molar-refractivity contribution in [3.63, 3.8) is 0 Å². The van der Waals surface area contributed by atoms with Crippen molar-refractivity contribution in [2.24, 2.45) is 0 Å². The molecule has 186 valence electrons. The van der Waals surface area contributed by atoms with Crippen molar-refractivity contribution in [1.29, 1.82) is 0 Å². The zero-order valence-electron chi connectivity index (χ0n) is 21.6. The minimum Gasteiger partial charge on any atom is -0.323 e. The molecule has 0 unspecified atom stereocenters. The lowest BCUT2D eigenvalue weighted by Crippen LogP contribution is -1.97. The molecule has 3 heteroatoms. The largest absolute Gasteiger partial charge is 0.323 e. The summed E-state index contributed by atoms with van der Waals surface area (Å²) in [6, 6.07) is 48.3. The summed E-state index contributed by atoms with van der Waals surface area (Å²) in [7, 11) is 0. The van der Waals surface area contributed by atoms with Gasteiger partial charge in [-0.3, -0.25) is 4.40 Å². The lowest BCUT2D eigenvalue weighted by atomic mass is 9.80. The van der Waals surface area contributed by atoms with E-state index in [-0.39, 0.29) is 0 Å². The van der Waals surface area contributed by atoms with Gasteiger partial charge in [-0.25, -0.2) is 4.98 Å². The van der Waals surface area contributed by atoms with Crippen molar-refractivity contribution in [3.8, 4) is 55.6 Å². The monoisotopic (exact) mass is 509 g/mol. The number of hydrogen-bond donors (Lipinski definition) is 1. The number of imidazole rings is 2. The molecule has 1 aliphatic carbocycles. The van der Waals surface area contributed by atoms with Gasteiger partial charge in [0.25, 0.3) is 0 Å². The molecular formula is C37H23N3. The molecule has 1 N–H and O–H groups in total. The van der Waals surface area contributed by atoms with Gasteiger partial charge in [-0.15, -0.1) is 0 Å². The number of aromatic nitrogens is 3. The SMILES string of the molecule is c1ccc2c(c1)-c1ccccc1-c1ccc(-c3ccc4c(c3)[nH]c3nc5ccccc5n34)cc1-c1ccccc1-2. The van der Waals surface area contributed by atoms with E-state index in [4.69, 9.17) is 4.98 Å². The number of fused-ring (bicyclic) bond motifs is 13. The maximum Gasteiger partial charge on any atom is 0.213 e. The number of para-hydroxylation sites is 2. The Bertz CT molecular complexity index is 2280. The average molecular weight is 510 g/mol. The Labute approximate surface area is 231 Å². The fourth-order valence-corrected chi connectivity index (χ4v) is 6.52. The topological polar surface area (TPSA) is 33.1 Å². The first-order valence-corrected chi connectivity index (χ1v) is 13.7. The van der Waals surface area contributed by atoms with E-state index in [2.05, 4.69) is 137 Å². The van der Waals surface area contributed by atoms with Gasteiger partial charge in [0.05, 0.1) is 22.1 Å². The third kappa shape index (κ3) is 2.97. The molecule has 3 nitrogen and oxygen atoms in total. The van der Waals surface area contributed by atoms with Gasteiger partial charge in [-0.2, -0.15) is 0 Å². The Hall–Kier alpha value is -5.41. The predicted molar refractivity (Wildman–Crippen MR) is 165 cm³/mol. The number of benzene rings is 6. The van der Waals surface area contributed by atoms with Gasteiger partial charge >= 0.3 is 0 Å². The fourth-order valence-electron chi connectivity index (χ4n) is 6.52. The summed E-state index contributed by atoms with van der Waals surface area (Å²) >= 11 is 0. The molecular weight excluding hydrogens is 486 g/mol. The first-order chi connectivity index (χ1) is 19.8. The Balaban J connectivity index is 1.28. The molecule has 0 spiro atoms. The molecule has 0 amide bonds. The Kier molecular flexibility index (Phi) is 4.33. The van der Waals surface area contributed by atoms with Crippen molar-refractivity contribution in [2.75, 3.05) is 0 Å².